The first-order valence-corrected chi connectivity index (χ1v) is 11.2. The molecule has 0 aliphatic rings. The highest BCUT2D eigenvalue weighted by molar-refractivity contribution is 5.96. The van der Waals surface area contributed by atoms with Gasteiger partial charge in [0.1, 0.15) is 23.1 Å². The van der Waals surface area contributed by atoms with Gasteiger partial charge in [-0.15, -0.1) is 10.2 Å². The summed E-state index contributed by atoms with van der Waals surface area (Å²) in [6, 6.07) is 15.8. The van der Waals surface area contributed by atoms with Crippen molar-refractivity contribution in [2.45, 2.75) is 40.3 Å². The number of hydrogen-bond donors (Lipinski definition) is 1. The summed E-state index contributed by atoms with van der Waals surface area (Å²) < 4.78 is 16.5. The molecular weight excluding hydrogens is 448 g/mol. The van der Waals surface area contributed by atoms with E-state index in [1.165, 1.54) is 0 Å². The minimum absolute atomic E-state index is 0.111. The Morgan fingerprint density at radius 1 is 1.00 bits per heavy atom. The van der Waals surface area contributed by atoms with Crippen molar-refractivity contribution in [2.75, 3.05) is 0 Å². The van der Waals surface area contributed by atoms with Crippen LogP contribution in [0.5, 0.6) is 0 Å². The summed E-state index contributed by atoms with van der Waals surface area (Å²) in [6.07, 6.45) is 0. The molecule has 1 N–H and O–H groups in total. The number of ether oxygens (including phenoxy) is 1. The van der Waals surface area contributed by atoms with Crippen molar-refractivity contribution in [2.24, 2.45) is 5.92 Å². The van der Waals surface area contributed by atoms with Gasteiger partial charge >= 0.3 is 5.97 Å². The zero-order valence-corrected chi connectivity index (χ0v) is 19.9. The second kappa shape index (κ2) is 10.3. The number of aryl methyl sites for hydroxylation is 2. The van der Waals surface area contributed by atoms with Crippen molar-refractivity contribution in [3.05, 3.63) is 77.4 Å². The summed E-state index contributed by atoms with van der Waals surface area (Å²) >= 11 is 0. The zero-order valence-electron chi connectivity index (χ0n) is 19.9. The Kier molecular flexibility index (Phi) is 7.05. The van der Waals surface area contributed by atoms with Crippen molar-refractivity contribution in [3.8, 4) is 22.7 Å². The van der Waals surface area contributed by atoms with Crippen LogP contribution in [0.4, 0.5) is 0 Å². The molecule has 4 aromatic rings. The lowest BCUT2D eigenvalue weighted by molar-refractivity contribution is -0.149. The average Bonchev–Trinajstić information content (AvgIpc) is 3.47. The van der Waals surface area contributed by atoms with Gasteiger partial charge in [-0.2, -0.15) is 0 Å². The first-order chi connectivity index (χ1) is 16.8. The van der Waals surface area contributed by atoms with Crippen molar-refractivity contribution in [3.63, 3.8) is 0 Å². The van der Waals surface area contributed by atoms with Crippen LogP contribution in [-0.2, 0) is 16.1 Å². The molecule has 35 heavy (non-hydrogen) atoms. The van der Waals surface area contributed by atoms with Gasteiger partial charge in [-0.05, 0) is 31.9 Å². The Bertz CT molecular complexity index is 1310. The van der Waals surface area contributed by atoms with Gasteiger partial charge < -0.3 is 19.0 Å². The lowest BCUT2D eigenvalue weighted by atomic mass is 10.0. The molecule has 2 heterocycles. The Morgan fingerprint density at radius 3 is 2.40 bits per heavy atom. The predicted molar refractivity (Wildman–Crippen MR) is 127 cm³/mol. The molecule has 1 atom stereocenters. The van der Waals surface area contributed by atoms with E-state index in [0.717, 1.165) is 11.1 Å². The van der Waals surface area contributed by atoms with Crippen LogP contribution >= 0.6 is 0 Å². The van der Waals surface area contributed by atoms with Crippen LogP contribution in [0, 0.1) is 19.8 Å². The third-order valence-electron chi connectivity index (χ3n) is 5.45. The molecule has 4 rings (SSSR count). The van der Waals surface area contributed by atoms with E-state index in [0.29, 0.717) is 22.6 Å². The molecule has 2 aromatic carbocycles. The number of nitrogens with zero attached hydrogens (tertiary/aromatic N) is 3. The van der Waals surface area contributed by atoms with Gasteiger partial charge in [-0.25, -0.2) is 4.79 Å². The maximum absolute atomic E-state index is 12.8. The summed E-state index contributed by atoms with van der Waals surface area (Å²) in [5, 5.41) is 14.9. The second-order valence-electron chi connectivity index (χ2n) is 8.50. The maximum Gasteiger partial charge on any atom is 0.329 e. The van der Waals surface area contributed by atoms with Crippen LogP contribution in [0.3, 0.4) is 0 Å². The largest absolute Gasteiger partial charge is 0.454 e. The Morgan fingerprint density at radius 2 is 1.71 bits per heavy atom. The molecule has 0 aliphatic carbocycles. The number of rotatable bonds is 8. The minimum Gasteiger partial charge on any atom is -0.454 e. The number of amides is 1. The average molecular weight is 475 g/mol. The van der Waals surface area contributed by atoms with Crippen LogP contribution in [0.1, 0.15) is 41.4 Å². The van der Waals surface area contributed by atoms with E-state index in [9.17, 15) is 9.59 Å². The number of carbonyl (C=O) groups excluding carboxylic acids is 2. The van der Waals surface area contributed by atoms with Crippen LogP contribution in [0.15, 0.2) is 63.5 Å². The number of hydrogen-bond acceptors (Lipinski definition) is 8. The normalized spacial score (nSPS) is 11.9. The van der Waals surface area contributed by atoms with Gasteiger partial charge in [-0.1, -0.05) is 67.0 Å². The highest BCUT2D eigenvalue weighted by Crippen LogP contribution is 2.33. The van der Waals surface area contributed by atoms with Gasteiger partial charge in [0.2, 0.25) is 0 Å². The lowest BCUT2D eigenvalue weighted by Gasteiger charge is -2.20. The van der Waals surface area contributed by atoms with Crippen LogP contribution in [0.25, 0.3) is 22.7 Å². The first-order valence-electron chi connectivity index (χ1n) is 11.2. The summed E-state index contributed by atoms with van der Waals surface area (Å²) in [5.74, 6) is -0.288. The molecule has 0 saturated heterocycles. The van der Waals surface area contributed by atoms with Crippen LogP contribution in [-0.4, -0.2) is 33.3 Å². The van der Waals surface area contributed by atoms with Crippen LogP contribution < -0.4 is 5.32 Å². The molecule has 0 bridgehead atoms. The number of benzene rings is 2. The minimum atomic E-state index is -0.837. The maximum atomic E-state index is 12.8. The molecule has 0 radical (unpaired) electrons. The topological polar surface area (TPSA) is 120 Å². The third kappa shape index (κ3) is 5.46. The van der Waals surface area contributed by atoms with Crippen molar-refractivity contribution < 1.29 is 23.3 Å². The van der Waals surface area contributed by atoms with Gasteiger partial charge in [-0.3, -0.25) is 4.79 Å². The van der Waals surface area contributed by atoms with Gasteiger partial charge in [0.15, 0.2) is 6.61 Å². The monoisotopic (exact) mass is 474 g/mol. The molecule has 2 aromatic heterocycles. The zero-order chi connectivity index (χ0) is 24.9. The molecule has 9 nitrogen and oxygen atoms in total. The smallest absolute Gasteiger partial charge is 0.329 e. The molecule has 0 saturated carbocycles. The number of aromatic nitrogens is 3. The molecule has 9 heteroatoms. The standard InChI is InChI=1S/C26H26N4O5/c1-15(2)22(27-24(31)19-12-10-16(3)11-13-19)26(32)33-14-20-28-29-25(34-20)21-17(4)35-30-23(21)18-8-6-5-7-9-18/h5-13,15,22H,14H2,1-4H3,(H,27,31)/t22-/m0/s1. The molecule has 180 valence electrons. The molecule has 0 fully saturated rings. The Hall–Kier alpha value is -4.27. The van der Waals surface area contributed by atoms with E-state index in [1.54, 1.807) is 19.1 Å². The van der Waals surface area contributed by atoms with E-state index < -0.39 is 12.0 Å². The van der Waals surface area contributed by atoms with E-state index in [4.69, 9.17) is 13.7 Å². The number of nitrogens with one attached hydrogen (secondary N) is 1. The van der Waals surface area contributed by atoms with E-state index >= 15 is 0 Å². The van der Waals surface area contributed by atoms with Crippen molar-refractivity contribution in [1.29, 1.82) is 0 Å². The van der Waals surface area contributed by atoms with E-state index in [1.807, 2.05) is 63.2 Å². The SMILES string of the molecule is Cc1ccc(C(=O)N[C@H](C(=O)OCc2nnc(-c3c(-c4ccccc4)noc3C)o2)C(C)C)cc1. The molecule has 0 unspecified atom stereocenters. The lowest BCUT2D eigenvalue weighted by Crippen LogP contribution is -2.45. The summed E-state index contributed by atoms with van der Waals surface area (Å²) in [4.78, 5) is 25.3. The quantitative estimate of drug-likeness (QED) is 0.371. The Balaban J connectivity index is 1.43. The third-order valence-corrected chi connectivity index (χ3v) is 5.45. The van der Waals surface area contributed by atoms with Gasteiger partial charge in [0.05, 0.1) is 0 Å². The van der Waals surface area contributed by atoms with Gasteiger partial charge in [0.25, 0.3) is 17.7 Å². The van der Waals surface area contributed by atoms with E-state index in [2.05, 4.69) is 20.7 Å². The fourth-order valence-electron chi connectivity index (χ4n) is 3.48. The molecule has 1 amide bonds. The van der Waals surface area contributed by atoms with Crippen molar-refractivity contribution in [1.82, 2.24) is 20.7 Å². The number of esters is 1. The summed E-state index contributed by atoms with van der Waals surface area (Å²) in [7, 11) is 0. The molecular formula is C26H26N4O5. The predicted octanol–water partition coefficient (Wildman–Crippen LogP) is 4.51. The molecule has 0 aliphatic heterocycles. The fraction of sp³-hybridized carbons (Fsp3) is 0.269. The summed E-state index contributed by atoms with van der Waals surface area (Å²) in [5.41, 5.74) is 3.50. The van der Waals surface area contributed by atoms with Crippen molar-refractivity contribution >= 4 is 11.9 Å². The highest BCUT2D eigenvalue weighted by atomic mass is 16.5. The summed E-state index contributed by atoms with van der Waals surface area (Å²) in [6.45, 7) is 7.10. The fourth-order valence-corrected chi connectivity index (χ4v) is 3.48. The van der Waals surface area contributed by atoms with E-state index in [-0.39, 0.29) is 30.2 Å². The second-order valence-corrected chi connectivity index (χ2v) is 8.50. The first kappa shape index (κ1) is 23.9. The van der Waals surface area contributed by atoms with Crippen LogP contribution in [0.2, 0.25) is 0 Å². The molecule has 0 spiro atoms. The van der Waals surface area contributed by atoms with Gasteiger partial charge in [0, 0.05) is 11.1 Å². The number of carbonyl (C=O) groups is 2. The Labute approximate surface area is 202 Å². The highest BCUT2D eigenvalue weighted by Gasteiger charge is 2.27.